The van der Waals surface area contributed by atoms with Gasteiger partial charge in [-0.05, 0) is 48.4 Å². The number of aromatic nitrogens is 3. The number of amides is 1. The second-order valence-electron chi connectivity index (χ2n) is 6.62. The van der Waals surface area contributed by atoms with E-state index in [-0.39, 0.29) is 12.3 Å². The van der Waals surface area contributed by atoms with E-state index < -0.39 is 0 Å². The number of benzene rings is 2. The first kappa shape index (κ1) is 21.0. The van der Waals surface area contributed by atoms with Gasteiger partial charge in [-0.3, -0.25) is 4.79 Å². The van der Waals surface area contributed by atoms with Crippen molar-refractivity contribution in [3.63, 3.8) is 0 Å². The summed E-state index contributed by atoms with van der Waals surface area (Å²) in [5.74, 6) is 1.08. The minimum atomic E-state index is -0.179. The van der Waals surface area contributed by atoms with E-state index in [1.54, 1.807) is 25.6 Å². The lowest BCUT2D eigenvalue weighted by Gasteiger charge is -2.09. The highest BCUT2D eigenvalue weighted by Crippen LogP contribution is 2.33. The van der Waals surface area contributed by atoms with Crippen molar-refractivity contribution in [3.05, 3.63) is 58.0 Å². The SMILES string of the molecule is COc1ccc(/C=C(/CC(=O)Nc2nnc(C)s2)c2nc3ccccc3s2)cc1OC. The molecule has 1 amide bonds. The number of methoxy groups -OCH3 is 2. The lowest BCUT2D eigenvalue weighted by molar-refractivity contribution is -0.115. The van der Waals surface area contributed by atoms with Gasteiger partial charge in [-0.25, -0.2) is 4.98 Å². The van der Waals surface area contributed by atoms with Crippen LogP contribution in [0.2, 0.25) is 0 Å². The smallest absolute Gasteiger partial charge is 0.230 e. The van der Waals surface area contributed by atoms with E-state index in [1.807, 2.05) is 55.5 Å². The molecule has 4 aromatic rings. The van der Waals surface area contributed by atoms with Gasteiger partial charge in [0.1, 0.15) is 10.0 Å². The second-order valence-corrected chi connectivity index (χ2v) is 8.83. The first-order valence-electron chi connectivity index (χ1n) is 9.44. The number of thiazole rings is 1. The molecule has 0 aliphatic carbocycles. The number of hydrogen-bond acceptors (Lipinski definition) is 8. The number of anilines is 1. The molecule has 0 atom stereocenters. The Morgan fingerprint density at radius 2 is 1.87 bits per heavy atom. The molecule has 0 bridgehead atoms. The van der Waals surface area contributed by atoms with Gasteiger partial charge in [0, 0.05) is 0 Å². The van der Waals surface area contributed by atoms with Gasteiger partial charge in [0.2, 0.25) is 11.0 Å². The lowest BCUT2D eigenvalue weighted by atomic mass is 10.1. The minimum absolute atomic E-state index is 0.146. The Morgan fingerprint density at radius 3 is 2.58 bits per heavy atom. The molecule has 1 N–H and O–H groups in total. The van der Waals surface area contributed by atoms with Crippen LogP contribution in [-0.4, -0.2) is 35.3 Å². The number of carbonyl (C=O) groups excluding carboxylic acids is 1. The van der Waals surface area contributed by atoms with E-state index in [4.69, 9.17) is 14.5 Å². The van der Waals surface area contributed by atoms with Crippen LogP contribution in [0.1, 0.15) is 22.0 Å². The van der Waals surface area contributed by atoms with Gasteiger partial charge < -0.3 is 14.8 Å². The molecule has 0 unspecified atom stereocenters. The molecular formula is C22H20N4O3S2. The van der Waals surface area contributed by atoms with Crippen molar-refractivity contribution in [2.24, 2.45) is 0 Å². The standard InChI is InChI=1S/C22H20N4O3S2/c1-13-25-26-22(30-13)24-20(27)12-15(21-23-16-6-4-5-7-19(16)31-21)10-14-8-9-17(28-2)18(11-14)29-3/h4-11H,12H2,1-3H3,(H,24,26,27)/b15-10-. The van der Waals surface area contributed by atoms with Crippen LogP contribution < -0.4 is 14.8 Å². The first-order valence-corrected chi connectivity index (χ1v) is 11.1. The zero-order valence-corrected chi connectivity index (χ0v) is 18.8. The molecule has 2 aromatic carbocycles. The van der Waals surface area contributed by atoms with Crippen molar-refractivity contribution in [3.8, 4) is 11.5 Å². The van der Waals surface area contributed by atoms with Gasteiger partial charge in [0.15, 0.2) is 11.5 Å². The van der Waals surface area contributed by atoms with E-state index in [0.29, 0.717) is 16.6 Å². The molecule has 0 spiro atoms. The van der Waals surface area contributed by atoms with Crippen LogP contribution in [0, 0.1) is 6.92 Å². The Balaban J connectivity index is 1.69. The summed E-state index contributed by atoms with van der Waals surface area (Å²) in [5, 5.41) is 12.8. The number of aryl methyl sites for hydroxylation is 1. The molecule has 9 heteroatoms. The number of nitrogens with one attached hydrogen (secondary N) is 1. The summed E-state index contributed by atoms with van der Waals surface area (Å²) in [5.41, 5.74) is 2.58. The van der Waals surface area contributed by atoms with Crippen LogP contribution in [0.25, 0.3) is 21.9 Å². The summed E-state index contributed by atoms with van der Waals surface area (Å²) in [7, 11) is 3.19. The van der Waals surface area contributed by atoms with Crippen LogP contribution in [-0.2, 0) is 4.79 Å². The lowest BCUT2D eigenvalue weighted by Crippen LogP contribution is -2.11. The van der Waals surface area contributed by atoms with E-state index in [0.717, 1.165) is 31.4 Å². The third-order valence-electron chi connectivity index (χ3n) is 4.44. The van der Waals surface area contributed by atoms with Crippen LogP contribution in [0.3, 0.4) is 0 Å². The molecule has 7 nitrogen and oxygen atoms in total. The largest absolute Gasteiger partial charge is 0.493 e. The van der Waals surface area contributed by atoms with E-state index >= 15 is 0 Å². The van der Waals surface area contributed by atoms with Crippen molar-refractivity contribution in [2.75, 3.05) is 19.5 Å². The molecule has 0 radical (unpaired) electrons. The Bertz CT molecular complexity index is 1230. The predicted octanol–water partition coefficient (Wildman–Crippen LogP) is 5.04. The Morgan fingerprint density at radius 1 is 1.06 bits per heavy atom. The first-order chi connectivity index (χ1) is 15.1. The molecule has 0 saturated heterocycles. The zero-order chi connectivity index (χ0) is 21.8. The third kappa shape index (κ3) is 4.89. The van der Waals surface area contributed by atoms with Crippen LogP contribution in [0.15, 0.2) is 42.5 Å². The van der Waals surface area contributed by atoms with Crippen molar-refractivity contribution in [1.29, 1.82) is 0 Å². The fourth-order valence-electron chi connectivity index (χ4n) is 3.03. The quantitative estimate of drug-likeness (QED) is 0.423. The summed E-state index contributed by atoms with van der Waals surface area (Å²) in [4.78, 5) is 17.5. The Hall–Kier alpha value is -3.30. The summed E-state index contributed by atoms with van der Waals surface area (Å²) >= 11 is 2.89. The molecule has 2 aromatic heterocycles. The second kappa shape index (κ2) is 9.23. The maximum absolute atomic E-state index is 12.8. The number of nitrogens with zero attached hydrogens (tertiary/aromatic N) is 3. The zero-order valence-electron chi connectivity index (χ0n) is 17.2. The molecule has 158 valence electrons. The number of rotatable bonds is 7. The maximum atomic E-state index is 12.8. The highest BCUT2D eigenvalue weighted by Gasteiger charge is 2.15. The van der Waals surface area contributed by atoms with Gasteiger partial charge in [0.25, 0.3) is 0 Å². The molecule has 0 saturated carbocycles. The number of carbonyl (C=O) groups is 1. The molecule has 0 aliphatic rings. The average Bonchev–Trinajstić information content (AvgIpc) is 3.38. The van der Waals surface area contributed by atoms with E-state index in [9.17, 15) is 4.79 Å². The van der Waals surface area contributed by atoms with Crippen LogP contribution in [0.5, 0.6) is 11.5 Å². The van der Waals surface area contributed by atoms with Gasteiger partial charge >= 0.3 is 0 Å². The maximum Gasteiger partial charge on any atom is 0.230 e. The fraction of sp³-hybridized carbons (Fsp3) is 0.182. The van der Waals surface area contributed by atoms with Gasteiger partial charge in [-0.1, -0.05) is 29.5 Å². The van der Waals surface area contributed by atoms with Crippen molar-refractivity contribution < 1.29 is 14.3 Å². The minimum Gasteiger partial charge on any atom is -0.493 e. The normalized spacial score (nSPS) is 11.5. The number of ether oxygens (including phenoxy) is 2. The average molecular weight is 453 g/mol. The number of hydrogen-bond donors (Lipinski definition) is 1. The third-order valence-corrected chi connectivity index (χ3v) is 6.31. The van der Waals surface area contributed by atoms with Gasteiger partial charge in [-0.2, -0.15) is 0 Å². The van der Waals surface area contributed by atoms with Crippen molar-refractivity contribution in [2.45, 2.75) is 13.3 Å². The summed E-state index contributed by atoms with van der Waals surface area (Å²) in [6.07, 6.45) is 2.09. The Kier molecular flexibility index (Phi) is 6.24. The van der Waals surface area contributed by atoms with Crippen LogP contribution >= 0.6 is 22.7 Å². The topological polar surface area (TPSA) is 86.2 Å². The summed E-state index contributed by atoms with van der Waals surface area (Å²) in [6, 6.07) is 13.5. The molecule has 0 fully saturated rings. The summed E-state index contributed by atoms with van der Waals surface area (Å²) in [6.45, 7) is 1.84. The Labute approximate surface area is 187 Å². The number of para-hydroxylation sites is 1. The van der Waals surface area contributed by atoms with Gasteiger partial charge in [0.05, 0.1) is 30.9 Å². The van der Waals surface area contributed by atoms with Crippen molar-refractivity contribution in [1.82, 2.24) is 15.2 Å². The molecule has 0 aliphatic heterocycles. The molecule has 4 rings (SSSR count). The van der Waals surface area contributed by atoms with Gasteiger partial charge in [-0.15, -0.1) is 21.5 Å². The molecule has 2 heterocycles. The van der Waals surface area contributed by atoms with E-state index in [2.05, 4.69) is 15.5 Å². The number of fused-ring (bicyclic) bond motifs is 1. The highest BCUT2D eigenvalue weighted by atomic mass is 32.1. The predicted molar refractivity (Wildman–Crippen MR) is 125 cm³/mol. The van der Waals surface area contributed by atoms with E-state index in [1.165, 1.54) is 11.3 Å². The summed E-state index contributed by atoms with van der Waals surface area (Å²) < 4.78 is 11.8. The van der Waals surface area contributed by atoms with Crippen molar-refractivity contribution >= 4 is 55.6 Å². The molecule has 31 heavy (non-hydrogen) atoms. The highest BCUT2D eigenvalue weighted by molar-refractivity contribution is 7.19. The fourth-order valence-corrected chi connectivity index (χ4v) is 4.61. The monoisotopic (exact) mass is 452 g/mol. The van der Waals surface area contributed by atoms with Crippen LogP contribution in [0.4, 0.5) is 5.13 Å². The molecular weight excluding hydrogens is 432 g/mol.